The predicted octanol–water partition coefficient (Wildman–Crippen LogP) is 4.48. The minimum Gasteiger partial charge on any atom is -0.384 e. The third-order valence-electron chi connectivity index (χ3n) is 6.80. The molecular weight excluding hydrogens is 407 g/mol. The molecule has 3 heterocycles. The van der Waals surface area contributed by atoms with Gasteiger partial charge in [-0.25, -0.2) is 4.39 Å². The van der Waals surface area contributed by atoms with Crippen molar-refractivity contribution < 1.29 is 9.18 Å². The number of benzene rings is 1. The summed E-state index contributed by atoms with van der Waals surface area (Å²) in [5.74, 6) is -0.442. The second kappa shape index (κ2) is 6.66. The number of rotatable bonds is 4. The Morgan fingerprint density at radius 3 is 2.72 bits per heavy atom. The minimum absolute atomic E-state index is 0.187. The van der Waals surface area contributed by atoms with Crippen LogP contribution in [0.25, 0.3) is 33.6 Å². The van der Waals surface area contributed by atoms with E-state index in [1.54, 1.807) is 23.9 Å². The maximum Gasteiger partial charge on any atom is 0.253 e. The molecule has 32 heavy (non-hydrogen) atoms. The molecule has 0 unspecified atom stereocenters. The van der Waals surface area contributed by atoms with Crippen molar-refractivity contribution >= 4 is 39.6 Å². The van der Waals surface area contributed by atoms with Gasteiger partial charge in [0.1, 0.15) is 11.6 Å². The lowest BCUT2D eigenvalue weighted by atomic mass is 9.89. The summed E-state index contributed by atoms with van der Waals surface area (Å²) in [5.41, 5.74) is 18.1. The molecule has 5 N–H and O–H groups in total. The van der Waals surface area contributed by atoms with Gasteiger partial charge < -0.3 is 11.5 Å². The summed E-state index contributed by atoms with van der Waals surface area (Å²) >= 11 is 0. The average molecular weight is 430 g/mol. The number of hydrogen-bond donors (Lipinski definition) is 3. The number of primary amides is 1. The van der Waals surface area contributed by atoms with E-state index in [-0.39, 0.29) is 17.2 Å². The molecular formula is C24H23FN6O. The fourth-order valence-electron chi connectivity index (χ4n) is 4.80. The summed E-state index contributed by atoms with van der Waals surface area (Å²) in [7, 11) is 0. The van der Waals surface area contributed by atoms with E-state index in [9.17, 15) is 9.18 Å². The standard InChI is InChI=1S/C24H23FN6O/c1-11-17(25)8-18-15(10-29-30-18)21(11)31-22-14(7-12-3-2-4-12)20(13-5-6-13)28-9-16(22)19(23(31)26)24(27)32/h7-10,13H,2-6,26H2,1H3,(H2,27,32)(H,29,30). The fourth-order valence-corrected chi connectivity index (χ4v) is 4.80. The number of nitrogens with one attached hydrogen (secondary N) is 1. The summed E-state index contributed by atoms with van der Waals surface area (Å²) in [4.78, 5) is 17.2. The molecule has 162 valence electrons. The number of pyridine rings is 1. The SMILES string of the molecule is Cc1c(F)cc2[nH]ncc2c1-n1c(N)c(C(N)=O)c2cnc(C3CC3)c(C=C3CCC3)c21. The quantitative estimate of drug-likeness (QED) is 0.443. The van der Waals surface area contributed by atoms with Crippen LogP contribution in [-0.2, 0) is 0 Å². The van der Waals surface area contributed by atoms with Crippen LogP contribution in [0.3, 0.4) is 0 Å². The number of hydrogen-bond acceptors (Lipinski definition) is 4. The number of aromatic amines is 1. The minimum atomic E-state index is -0.632. The zero-order valence-corrected chi connectivity index (χ0v) is 17.7. The number of H-pyrrole nitrogens is 1. The van der Waals surface area contributed by atoms with Gasteiger partial charge in [0.2, 0.25) is 0 Å². The first-order chi connectivity index (χ1) is 15.5. The summed E-state index contributed by atoms with van der Waals surface area (Å²) in [6.07, 6.45) is 11.0. The molecule has 2 fully saturated rings. The molecule has 1 amide bonds. The van der Waals surface area contributed by atoms with Gasteiger partial charge in [-0.1, -0.05) is 11.6 Å². The van der Waals surface area contributed by atoms with Crippen molar-refractivity contribution in [3.8, 4) is 5.69 Å². The average Bonchev–Trinajstić information content (AvgIpc) is 3.39. The normalized spacial score (nSPS) is 16.0. The molecule has 8 heteroatoms. The summed E-state index contributed by atoms with van der Waals surface area (Å²) in [6, 6.07) is 1.42. The van der Waals surface area contributed by atoms with Gasteiger partial charge in [-0.15, -0.1) is 0 Å². The van der Waals surface area contributed by atoms with Crippen molar-refractivity contribution in [2.75, 3.05) is 5.73 Å². The number of nitrogens with zero attached hydrogens (tertiary/aromatic N) is 3. The van der Waals surface area contributed by atoms with Crippen molar-refractivity contribution in [3.05, 3.63) is 52.2 Å². The molecule has 0 spiro atoms. The highest BCUT2D eigenvalue weighted by Crippen LogP contribution is 2.46. The number of halogens is 1. The summed E-state index contributed by atoms with van der Waals surface area (Å²) < 4.78 is 16.7. The Balaban J connectivity index is 1.81. The van der Waals surface area contributed by atoms with E-state index >= 15 is 0 Å². The number of nitrogens with two attached hydrogens (primary N) is 2. The number of fused-ring (bicyclic) bond motifs is 2. The van der Waals surface area contributed by atoms with Crippen molar-refractivity contribution in [1.29, 1.82) is 0 Å². The van der Waals surface area contributed by atoms with Gasteiger partial charge in [-0.2, -0.15) is 5.10 Å². The second-order valence-electron chi connectivity index (χ2n) is 8.87. The van der Waals surface area contributed by atoms with Gasteiger partial charge in [-0.05, 0) is 45.1 Å². The van der Waals surface area contributed by atoms with E-state index in [1.165, 1.54) is 18.1 Å². The van der Waals surface area contributed by atoms with E-state index < -0.39 is 5.91 Å². The molecule has 2 saturated carbocycles. The number of allylic oxidation sites excluding steroid dienone is 1. The largest absolute Gasteiger partial charge is 0.384 e. The van der Waals surface area contributed by atoms with Crippen molar-refractivity contribution in [1.82, 2.24) is 19.7 Å². The van der Waals surface area contributed by atoms with Crippen molar-refractivity contribution in [2.45, 2.75) is 44.9 Å². The molecule has 0 bridgehead atoms. The highest BCUT2D eigenvalue weighted by atomic mass is 19.1. The molecule has 0 saturated heterocycles. The van der Waals surface area contributed by atoms with Gasteiger partial charge in [0.15, 0.2) is 0 Å². The Morgan fingerprint density at radius 2 is 2.06 bits per heavy atom. The lowest BCUT2D eigenvalue weighted by molar-refractivity contribution is 0.100. The van der Waals surface area contributed by atoms with Crippen LogP contribution >= 0.6 is 0 Å². The number of nitrogen functional groups attached to an aromatic ring is 1. The molecule has 3 aromatic heterocycles. The Morgan fingerprint density at radius 1 is 1.28 bits per heavy atom. The van der Waals surface area contributed by atoms with Gasteiger partial charge >= 0.3 is 0 Å². The highest BCUT2D eigenvalue weighted by Gasteiger charge is 2.32. The van der Waals surface area contributed by atoms with Crippen LogP contribution < -0.4 is 11.5 Å². The van der Waals surface area contributed by atoms with E-state index in [2.05, 4.69) is 16.3 Å². The Labute approximate surface area is 183 Å². The summed E-state index contributed by atoms with van der Waals surface area (Å²) in [6.45, 7) is 1.71. The fraction of sp³-hybridized carbons (Fsp3) is 0.292. The van der Waals surface area contributed by atoms with Crippen LogP contribution in [0.15, 0.2) is 24.0 Å². The van der Waals surface area contributed by atoms with Crippen LogP contribution in [0.1, 0.15) is 65.2 Å². The number of carbonyl (C=O) groups is 1. The number of aromatic nitrogens is 4. The zero-order valence-electron chi connectivity index (χ0n) is 17.7. The Hall–Kier alpha value is -3.68. The van der Waals surface area contributed by atoms with Crippen molar-refractivity contribution in [2.24, 2.45) is 5.73 Å². The molecule has 0 radical (unpaired) electrons. The monoisotopic (exact) mass is 430 g/mol. The molecule has 2 aliphatic rings. The molecule has 7 nitrogen and oxygen atoms in total. The molecule has 0 aliphatic heterocycles. The van der Waals surface area contributed by atoms with Crippen LogP contribution in [0.5, 0.6) is 0 Å². The Kier molecular flexibility index (Phi) is 3.96. The highest BCUT2D eigenvalue weighted by molar-refractivity contribution is 6.14. The van der Waals surface area contributed by atoms with Gasteiger partial charge in [0, 0.05) is 34.0 Å². The lowest BCUT2D eigenvalue weighted by Gasteiger charge is -2.19. The molecule has 4 aromatic rings. The Bertz CT molecular complexity index is 1470. The number of carbonyl (C=O) groups excluding carboxylic acids is 1. The molecule has 6 rings (SSSR count). The smallest absolute Gasteiger partial charge is 0.253 e. The first-order valence-corrected chi connectivity index (χ1v) is 10.9. The van der Waals surface area contributed by atoms with Crippen molar-refractivity contribution in [3.63, 3.8) is 0 Å². The topological polar surface area (TPSA) is 116 Å². The van der Waals surface area contributed by atoms with Gasteiger partial charge in [-0.3, -0.25) is 19.4 Å². The van der Waals surface area contributed by atoms with Gasteiger partial charge in [0.25, 0.3) is 5.91 Å². The molecule has 2 aliphatic carbocycles. The maximum atomic E-state index is 14.9. The molecule has 0 atom stereocenters. The van der Waals surface area contributed by atoms with Crippen LogP contribution in [0, 0.1) is 12.7 Å². The van der Waals surface area contributed by atoms with E-state index in [0.717, 1.165) is 47.8 Å². The number of amides is 1. The van der Waals surface area contributed by atoms with Crippen LogP contribution in [0.2, 0.25) is 0 Å². The zero-order chi connectivity index (χ0) is 22.1. The van der Waals surface area contributed by atoms with Crippen LogP contribution in [0.4, 0.5) is 10.2 Å². The molecule has 1 aromatic carbocycles. The maximum absolute atomic E-state index is 14.9. The van der Waals surface area contributed by atoms with Gasteiger partial charge in [0.05, 0.1) is 34.2 Å². The van der Waals surface area contributed by atoms with E-state index in [0.29, 0.717) is 28.1 Å². The first-order valence-electron chi connectivity index (χ1n) is 10.9. The third kappa shape index (κ3) is 2.62. The third-order valence-corrected chi connectivity index (χ3v) is 6.80. The predicted molar refractivity (Wildman–Crippen MR) is 122 cm³/mol. The first kappa shape index (κ1) is 19.0. The van der Waals surface area contributed by atoms with E-state index in [1.807, 2.05) is 0 Å². The lowest BCUT2D eigenvalue weighted by Crippen LogP contribution is -2.14. The van der Waals surface area contributed by atoms with E-state index in [4.69, 9.17) is 16.5 Å². The second-order valence-corrected chi connectivity index (χ2v) is 8.87. The summed E-state index contributed by atoms with van der Waals surface area (Å²) in [5, 5.41) is 8.25. The van der Waals surface area contributed by atoms with Crippen LogP contribution in [-0.4, -0.2) is 25.7 Å². The number of anilines is 1.